The molecular formula is C19H10Br2O. The predicted octanol–water partition coefficient (Wildman–Crippen LogP) is 6.03. The van der Waals surface area contributed by atoms with Gasteiger partial charge in [0, 0.05) is 19.7 Å². The Morgan fingerprint density at radius 2 is 1.05 bits per heavy atom. The zero-order valence-corrected chi connectivity index (χ0v) is 14.6. The second-order valence-corrected chi connectivity index (χ2v) is 7.09. The molecule has 0 saturated heterocycles. The maximum Gasteiger partial charge on any atom is 0.194 e. The molecule has 0 amide bonds. The van der Waals surface area contributed by atoms with Crippen LogP contribution in [0.1, 0.15) is 0 Å². The van der Waals surface area contributed by atoms with E-state index in [0.717, 1.165) is 41.3 Å². The zero-order valence-electron chi connectivity index (χ0n) is 11.4. The molecule has 0 aliphatic rings. The van der Waals surface area contributed by atoms with Crippen molar-refractivity contribution >= 4 is 64.2 Å². The summed E-state index contributed by atoms with van der Waals surface area (Å²) in [6.45, 7) is 0. The van der Waals surface area contributed by atoms with Gasteiger partial charge in [0.25, 0.3) is 0 Å². The second kappa shape index (κ2) is 5.18. The van der Waals surface area contributed by atoms with Crippen molar-refractivity contribution in [2.45, 2.75) is 0 Å². The van der Waals surface area contributed by atoms with Crippen LogP contribution >= 0.6 is 31.9 Å². The normalized spacial score (nSPS) is 11.4. The highest BCUT2D eigenvalue weighted by molar-refractivity contribution is 9.10. The fourth-order valence-corrected chi connectivity index (χ4v) is 3.70. The third-order valence-electron chi connectivity index (χ3n) is 3.96. The topological polar surface area (TPSA) is 17.1 Å². The van der Waals surface area contributed by atoms with Crippen molar-refractivity contribution in [2.24, 2.45) is 0 Å². The molecule has 106 valence electrons. The summed E-state index contributed by atoms with van der Waals surface area (Å²) in [4.78, 5) is 13.0. The van der Waals surface area contributed by atoms with E-state index in [0.29, 0.717) is 0 Å². The molecule has 3 heteroatoms. The molecule has 0 bridgehead atoms. The molecule has 0 fully saturated rings. The average Bonchev–Trinajstić information content (AvgIpc) is 2.62. The van der Waals surface area contributed by atoms with Gasteiger partial charge in [0.05, 0.1) is 0 Å². The Morgan fingerprint density at radius 3 is 1.73 bits per heavy atom. The molecule has 4 aromatic carbocycles. The van der Waals surface area contributed by atoms with E-state index in [1.165, 1.54) is 0 Å². The monoisotopic (exact) mass is 412 g/mol. The van der Waals surface area contributed by atoms with Gasteiger partial charge in [-0.3, -0.25) is 4.79 Å². The van der Waals surface area contributed by atoms with Crippen LogP contribution in [0.5, 0.6) is 0 Å². The van der Waals surface area contributed by atoms with Crippen LogP contribution in [-0.2, 0) is 0 Å². The minimum Gasteiger partial charge on any atom is -0.289 e. The maximum atomic E-state index is 13.0. The van der Waals surface area contributed by atoms with E-state index in [-0.39, 0.29) is 5.43 Å². The first-order valence-corrected chi connectivity index (χ1v) is 8.47. The summed E-state index contributed by atoms with van der Waals surface area (Å²) in [6, 6.07) is 19.9. The van der Waals surface area contributed by atoms with Crippen molar-refractivity contribution in [3.05, 3.63) is 79.8 Å². The van der Waals surface area contributed by atoms with Gasteiger partial charge < -0.3 is 0 Å². The van der Waals surface area contributed by atoms with Crippen molar-refractivity contribution in [3.8, 4) is 0 Å². The number of rotatable bonds is 0. The lowest BCUT2D eigenvalue weighted by molar-refractivity contribution is 1.70. The molecule has 0 aliphatic heterocycles. The highest BCUT2D eigenvalue weighted by atomic mass is 79.9. The van der Waals surface area contributed by atoms with Crippen LogP contribution in [0.2, 0.25) is 0 Å². The van der Waals surface area contributed by atoms with Crippen LogP contribution in [0, 0.1) is 0 Å². The minimum absolute atomic E-state index is 0.0648. The Morgan fingerprint density at radius 1 is 0.545 bits per heavy atom. The van der Waals surface area contributed by atoms with E-state index in [1.807, 2.05) is 48.5 Å². The molecule has 4 rings (SSSR count). The highest BCUT2D eigenvalue weighted by Gasteiger charge is 2.09. The molecule has 0 radical (unpaired) electrons. The number of halogens is 2. The van der Waals surface area contributed by atoms with E-state index >= 15 is 0 Å². The van der Waals surface area contributed by atoms with Crippen LogP contribution in [-0.4, -0.2) is 0 Å². The van der Waals surface area contributed by atoms with Crippen LogP contribution in [0.15, 0.2) is 74.4 Å². The lowest BCUT2D eigenvalue weighted by atomic mass is 10.1. The third-order valence-corrected chi connectivity index (χ3v) is 4.95. The van der Waals surface area contributed by atoms with E-state index in [1.54, 1.807) is 0 Å². The SMILES string of the molecule is O=c1c2cc(Br)ccc2c2ccccc2c2cc(Br)ccc12. The van der Waals surface area contributed by atoms with Gasteiger partial charge in [0.15, 0.2) is 5.43 Å². The molecule has 0 unspecified atom stereocenters. The lowest BCUT2D eigenvalue weighted by Gasteiger charge is -1.99. The Bertz CT molecular complexity index is 1120. The summed E-state index contributed by atoms with van der Waals surface area (Å²) in [7, 11) is 0. The predicted molar refractivity (Wildman–Crippen MR) is 101 cm³/mol. The Kier molecular flexibility index (Phi) is 3.28. The van der Waals surface area contributed by atoms with Gasteiger partial charge in [-0.15, -0.1) is 0 Å². The lowest BCUT2D eigenvalue weighted by Crippen LogP contribution is -1.98. The Hall–Kier alpha value is -1.71. The Labute approximate surface area is 143 Å². The van der Waals surface area contributed by atoms with E-state index in [4.69, 9.17) is 0 Å². The summed E-state index contributed by atoms with van der Waals surface area (Å²) in [5.41, 5.74) is 0.0648. The van der Waals surface area contributed by atoms with Crippen molar-refractivity contribution in [2.75, 3.05) is 0 Å². The van der Waals surface area contributed by atoms with Gasteiger partial charge in [-0.25, -0.2) is 0 Å². The summed E-state index contributed by atoms with van der Waals surface area (Å²) in [5.74, 6) is 0. The van der Waals surface area contributed by atoms with E-state index < -0.39 is 0 Å². The van der Waals surface area contributed by atoms with E-state index in [2.05, 4.69) is 44.0 Å². The van der Waals surface area contributed by atoms with Crippen molar-refractivity contribution in [1.82, 2.24) is 0 Å². The smallest absolute Gasteiger partial charge is 0.194 e. The molecular weight excluding hydrogens is 404 g/mol. The van der Waals surface area contributed by atoms with Gasteiger partial charge in [-0.05, 0) is 51.9 Å². The van der Waals surface area contributed by atoms with Crippen LogP contribution in [0.4, 0.5) is 0 Å². The van der Waals surface area contributed by atoms with Gasteiger partial charge in [0.1, 0.15) is 0 Å². The van der Waals surface area contributed by atoms with Gasteiger partial charge >= 0.3 is 0 Å². The third kappa shape index (κ3) is 2.08. The molecule has 22 heavy (non-hydrogen) atoms. The minimum atomic E-state index is 0.0648. The zero-order chi connectivity index (χ0) is 15.3. The fraction of sp³-hybridized carbons (Fsp3) is 0. The van der Waals surface area contributed by atoms with Crippen molar-refractivity contribution in [1.29, 1.82) is 0 Å². The van der Waals surface area contributed by atoms with Gasteiger partial charge in [0.2, 0.25) is 0 Å². The summed E-state index contributed by atoms with van der Waals surface area (Å²) >= 11 is 6.99. The molecule has 4 aromatic rings. The molecule has 0 heterocycles. The van der Waals surface area contributed by atoms with Crippen molar-refractivity contribution < 1.29 is 0 Å². The van der Waals surface area contributed by atoms with Crippen LogP contribution < -0.4 is 5.43 Å². The summed E-state index contributed by atoms with van der Waals surface area (Å²) < 4.78 is 1.89. The number of benzene rings is 3. The van der Waals surface area contributed by atoms with Crippen molar-refractivity contribution in [3.63, 3.8) is 0 Å². The molecule has 0 aromatic heterocycles. The number of hydrogen-bond donors (Lipinski definition) is 0. The summed E-state index contributed by atoms with van der Waals surface area (Å²) in [5, 5.41) is 5.62. The van der Waals surface area contributed by atoms with Crippen LogP contribution in [0.3, 0.4) is 0 Å². The molecule has 1 nitrogen and oxygen atoms in total. The second-order valence-electron chi connectivity index (χ2n) is 5.25. The molecule has 0 atom stereocenters. The largest absolute Gasteiger partial charge is 0.289 e. The maximum absolute atomic E-state index is 13.0. The van der Waals surface area contributed by atoms with Gasteiger partial charge in [-0.2, -0.15) is 0 Å². The van der Waals surface area contributed by atoms with E-state index in [9.17, 15) is 4.79 Å². The Balaban J connectivity index is 2.49. The standard InChI is InChI=1S/C19H10Br2O/c20-11-6-8-16-17(9-11)14-4-2-1-3-13(14)15-7-5-12(21)10-18(15)19(16)22/h1-10H. The first-order chi connectivity index (χ1) is 10.6. The summed E-state index contributed by atoms with van der Waals surface area (Å²) in [6.07, 6.45) is 0. The molecule has 0 aliphatic carbocycles. The number of hydrogen-bond acceptors (Lipinski definition) is 1. The fourth-order valence-electron chi connectivity index (χ4n) is 2.97. The number of fused-ring (bicyclic) bond motifs is 5. The first kappa shape index (κ1) is 13.9. The molecule has 0 saturated carbocycles. The highest BCUT2D eigenvalue weighted by Crippen LogP contribution is 2.30. The molecule has 0 spiro atoms. The quantitative estimate of drug-likeness (QED) is 0.344. The van der Waals surface area contributed by atoms with Gasteiger partial charge in [-0.1, -0.05) is 62.2 Å². The molecule has 0 N–H and O–H groups in total. The van der Waals surface area contributed by atoms with Crippen LogP contribution in [0.25, 0.3) is 32.3 Å². The average molecular weight is 414 g/mol. The first-order valence-electron chi connectivity index (χ1n) is 6.89.